The Balaban J connectivity index is 2.07. The Morgan fingerprint density at radius 3 is 2.80 bits per heavy atom. The predicted octanol–water partition coefficient (Wildman–Crippen LogP) is 3.10. The van der Waals surface area contributed by atoms with Crippen molar-refractivity contribution >= 4 is 12.2 Å². The molecule has 0 aliphatic heterocycles. The first kappa shape index (κ1) is 18.5. The summed E-state index contributed by atoms with van der Waals surface area (Å²) in [6.45, 7) is 7.01. The van der Waals surface area contributed by atoms with Crippen LogP contribution in [0.4, 0.5) is 5.95 Å². The van der Waals surface area contributed by atoms with E-state index >= 15 is 0 Å². The van der Waals surface area contributed by atoms with Crippen molar-refractivity contribution in [2.75, 3.05) is 18.6 Å². The second kappa shape index (κ2) is 9.46. The van der Waals surface area contributed by atoms with Gasteiger partial charge in [-0.3, -0.25) is 9.78 Å². The molecular formula is C18H24N4O3. The van der Waals surface area contributed by atoms with Crippen LogP contribution >= 0.6 is 0 Å². The summed E-state index contributed by atoms with van der Waals surface area (Å²) in [5, 5.41) is 4.10. The van der Waals surface area contributed by atoms with Crippen LogP contribution in [0, 0.1) is 6.92 Å². The fourth-order valence-corrected chi connectivity index (χ4v) is 2.12. The summed E-state index contributed by atoms with van der Waals surface area (Å²) in [4.78, 5) is 18.1. The molecule has 0 radical (unpaired) electrons. The zero-order valence-corrected chi connectivity index (χ0v) is 14.8. The number of anilines is 1. The molecule has 25 heavy (non-hydrogen) atoms. The number of aromatic nitrogens is 2. The highest BCUT2D eigenvalue weighted by Gasteiger charge is 2.06. The van der Waals surface area contributed by atoms with Gasteiger partial charge in [-0.25, -0.2) is 10.4 Å². The van der Waals surface area contributed by atoms with Gasteiger partial charge >= 0.3 is 0 Å². The zero-order chi connectivity index (χ0) is 18.1. The Morgan fingerprint density at radius 1 is 1.24 bits per heavy atom. The van der Waals surface area contributed by atoms with Crippen LogP contribution in [0.15, 0.2) is 34.2 Å². The Morgan fingerprint density at radius 2 is 2.08 bits per heavy atom. The molecule has 7 nitrogen and oxygen atoms in total. The molecule has 2 N–H and O–H groups in total. The van der Waals surface area contributed by atoms with Gasteiger partial charge in [0.15, 0.2) is 11.5 Å². The summed E-state index contributed by atoms with van der Waals surface area (Å²) in [6, 6.07) is 7.04. The topological polar surface area (TPSA) is 88.6 Å². The van der Waals surface area contributed by atoms with E-state index in [2.05, 4.69) is 27.4 Å². The van der Waals surface area contributed by atoms with E-state index in [1.807, 2.05) is 25.1 Å². The van der Waals surface area contributed by atoms with Crippen LogP contribution in [0.1, 0.15) is 37.9 Å². The lowest BCUT2D eigenvalue weighted by atomic mass is 10.2. The summed E-state index contributed by atoms with van der Waals surface area (Å²) in [5.41, 5.74) is 3.95. The molecule has 0 aliphatic carbocycles. The van der Waals surface area contributed by atoms with Gasteiger partial charge in [0.1, 0.15) is 0 Å². The number of rotatable bonds is 9. The van der Waals surface area contributed by atoms with Crippen LogP contribution in [-0.4, -0.2) is 29.4 Å². The van der Waals surface area contributed by atoms with Gasteiger partial charge in [0.2, 0.25) is 5.95 Å². The van der Waals surface area contributed by atoms with E-state index in [1.54, 1.807) is 13.1 Å². The maximum Gasteiger partial charge on any atom is 0.252 e. The SMILES string of the molecule is CCCCOc1ccc(/C=N/Nc2nc(C)cc(=O)[nH]2)cc1OCC. The Kier molecular flexibility index (Phi) is 7.00. The molecule has 2 aromatic rings. The zero-order valence-electron chi connectivity index (χ0n) is 14.8. The van der Waals surface area contributed by atoms with Gasteiger partial charge in [-0.05, 0) is 44.0 Å². The number of nitrogens with one attached hydrogen (secondary N) is 2. The van der Waals surface area contributed by atoms with Crippen LogP contribution in [0.5, 0.6) is 11.5 Å². The number of nitrogens with zero attached hydrogens (tertiary/aromatic N) is 2. The molecule has 0 saturated heterocycles. The molecule has 1 heterocycles. The number of aryl methyl sites for hydroxylation is 1. The molecule has 0 atom stereocenters. The van der Waals surface area contributed by atoms with Crippen molar-refractivity contribution in [1.82, 2.24) is 9.97 Å². The first-order valence-electron chi connectivity index (χ1n) is 8.39. The Hall–Kier alpha value is -2.83. The van der Waals surface area contributed by atoms with Crippen LogP contribution in [0.3, 0.4) is 0 Å². The largest absolute Gasteiger partial charge is 0.490 e. The molecule has 0 aliphatic rings. The highest BCUT2D eigenvalue weighted by atomic mass is 16.5. The molecule has 0 spiro atoms. The van der Waals surface area contributed by atoms with Crippen molar-refractivity contribution in [2.24, 2.45) is 5.10 Å². The van der Waals surface area contributed by atoms with Crippen molar-refractivity contribution in [3.63, 3.8) is 0 Å². The second-order valence-electron chi connectivity index (χ2n) is 5.45. The number of aromatic amines is 1. The quantitative estimate of drug-likeness (QED) is 0.414. The van der Waals surface area contributed by atoms with Crippen molar-refractivity contribution in [1.29, 1.82) is 0 Å². The van der Waals surface area contributed by atoms with Gasteiger partial charge in [0, 0.05) is 11.8 Å². The third kappa shape index (κ3) is 5.95. The number of H-pyrrole nitrogens is 1. The van der Waals surface area contributed by atoms with Gasteiger partial charge in [0.25, 0.3) is 5.56 Å². The van der Waals surface area contributed by atoms with E-state index in [9.17, 15) is 4.79 Å². The third-order valence-electron chi connectivity index (χ3n) is 3.28. The van der Waals surface area contributed by atoms with Crippen LogP contribution in [0.2, 0.25) is 0 Å². The third-order valence-corrected chi connectivity index (χ3v) is 3.28. The van der Waals surface area contributed by atoms with Crippen LogP contribution in [0.25, 0.3) is 0 Å². The number of hydrogen-bond donors (Lipinski definition) is 2. The van der Waals surface area contributed by atoms with Crippen molar-refractivity contribution in [3.05, 3.63) is 45.9 Å². The lowest BCUT2D eigenvalue weighted by Gasteiger charge is -2.12. The first-order chi connectivity index (χ1) is 12.1. The minimum atomic E-state index is -0.225. The summed E-state index contributed by atoms with van der Waals surface area (Å²) >= 11 is 0. The highest BCUT2D eigenvalue weighted by Crippen LogP contribution is 2.28. The molecule has 134 valence electrons. The van der Waals surface area contributed by atoms with Gasteiger partial charge in [-0.15, -0.1) is 0 Å². The maximum atomic E-state index is 11.4. The van der Waals surface area contributed by atoms with E-state index in [1.165, 1.54) is 6.07 Å². The van der Waals surface area contributed by atoms with E-state index in [0.29, 0.717) is 30.6 Å². The number of unbranched alkanes of at least 4 members (excludes halogenated alkanes) is 1. The number of hydrogen-bond acceptors (Lipinski definition) is 6. The molecule has 0 amide bonds. The fraction of sp³-hybridized carbons (Fsp3) is 0.389. The first-order valence-corrected chi connectivity index (χ1v) is 8.39. The minimum Gasteiger partial charge on any atom is -0.490 e. The molecule has 0 bridgehead atoms. The van der Waals surface area contributed by atoms with Gasteiger partial charge in [0.05, 0.1) is 19.4 Å². The summed E-state index contributed by atoms with van der Waals surface area (Å²) < 4.78 is 11.4. The van der Waals surface area contributed by atoms with Crippen molar-refractivity contribution < 1.29 is 9.47 Å². The molecule has 2 rings (SSSR count). The Bertz CT molecular complexity index is 771. The second-order valence-corrected chi connectivity index (χ2v) is 5.45. The Labute approximate surface area is 147 Å². The smallest absolute Gasteiger partial charge is 0.252 e. The van der Waals surface area contributed by atoms with Gasteiger partial charge in [-0.1, -0.05) is 13.3 Å². The normalized spacial score (nSPS) is 10.8. The number of ether oxygens (including phenoxy) is 2. The molecule has 1 aromatic carbocycles. The predicted molar refractivity (Wildman–Crippen MR) is 98.8 cm³/mol. The molecule has 1 aromatic heterocycles. The average molecular weight is 344 g/mol. The van der Waals surface area contributed by atoms with Gasteiger partial charge < -0.3 is 9.47 Å². The monoisotopic (exact) mass is 344 g/mol. The summed E-state index contributed by atoms with van der Waals surface area (Å²) in [6.07, 6.45) is 3.70. The molecule has 7 heteroatoms. The van der Waals surface area contributed by atoms with Gasteiger partial charge in [-0.2, -0.15) is 5.10 Å². The maximum absolute atomic E-state index is 11.4. The van der Waals surface area contributed by atoms with Crippen LogP contribution < -0.4 is 20.5 Å². The molecular weight excluding hydrogens is 320 g/mol. The number of hydrazone groups is 1. The van der Waals surface area contributed by atoms with E-state index in [-0.39, 0.29) is 5.56 Å². The molecule has 0 saturated carbocycles. The van der Waals surface area contributed by atoms with E-state index in [4.69, 9.17) is 9.47 Å². The highest BCUT2D eigenvalue weighted by molar-refractivity contribution is 5.81. The van der Waals surface area contributed by atoms with E-state index < -0.39 is 0 Å². The number of benzene rings is 1. The van der Waals surface area contributed by atoms with E-state index in [0.717, 1.165) is 24.2 Å². The summed E-state index contributed by atoms with van der Waals surface area (Å²) in [7, 11) is 0. The summed E-state index contributed by atoms with van der Waals surface area (Å²) in [5.74, 6) is 1.71. The average Bonchev–Trinajstić information content (AvgIpc) is 2.56. The standard InChI is InChI=1S/C18H24N4O3/c1-4-6-9-25-15-8-7-14(11-16(15)24-5-2)12-19-22-18-20-13(3)10-17(23)21-18/h7-8,10-12H,4-6,9H2,1-3H3,(H2,20,21,22,23)/b19-12+. The minimum absolute atomic E-state index is 0.225. The van der Waals surface area contributed by atoms with Crippen molar-refractivity contribution in [3.8, 4) is 11.5 Å². The molecule has 0 unspecified atom stereocenters. The van der Waals surface area contributed by atoms with Crippen molar-refractivity contribution in [2.45, 2.75) is 33.6 Å². The molecule has 0 fully saturated rings. The fourth-order valence-electron chi connectivity index (χ4n) is 2.12. The van der Waals surface area contributed by atoms with Crippen LogP contribution in [-0.2, 0) is 0 Å². The lowest BCUT2D eigenvalue weighted by Crippen LogP contribution is -2.10. The lowest BCUT2D eigenvalue weighted by molar-refractivity contribution is 0.272.